The van der Waals surface area contributed by atoms with Crippen molar-refractivity contribution in [2.45, 2.75) is 13.5 Å². The predicted octanol–water partition coefficient (Wildman–Crippen LogP) is 2.41. The van der Waals surface area contributed by atoms with Crippen LogP contribution in [0.15, 0.2) is 30.6 Å². The molecule has 1 heterocycles. The van der Waals surface area contributed by atoms with Crippen molar-refractivity contribution in [2.75, 3.05) is 0 Å². The van der Waals surface area contributed by atoms with Gasteiger partial charge in [0.25, 0.3) is 0 Å². The topological polar surface area (TPSA) is 3.88 Å². The van der Waals surface area contributed by atoms with Crippen LogP contribution in [0, 0.1) is 0 Å². The van der Waals surface area contributed by atoms with Gasteiger partial charge in [0.05, 0.1) is 0 Å². The molecular formula is C7H11BF4N+. The van der Waals surface area contributed by atoms with E-state index >= 15 is 0 Å². The van der Waals surface area contributed by atoms with Gasteiger partial charge in [0, 0.05) is 12.1 Å². The van der Waals surface area contributed by atoms with Crippen molar-refractivity contribution >= 4 is 7.25 Å². The minimum absolute atomic E-state index is 0. The van der Waals surface area contributed by atoms with Gasteiger partial charge in [-0.1, -0.05) is 6.07 Å². The number of halogens is 4. The molecule has 0 aliphatic carbocycles. The van der Waals surface area contributed by atoms with Crippen LogP contribution in [0.3, 0.4) is 0 Å². The molecule has 1 rings (SSSR count). The lowest BCUT2D eigenvalue weighted by Crippen LogP contribution is -2.30. The molecule has 1 aromatic heterocycles. The number of hydrogen-bond donors (Lipinski definition) is 0. The fraction of sp³-hybridized carbons (Fsp3) is 0.286. The summed E-state index contributed by atoms with van der Waals surface area (Å²) in [5, 5.41) is 0. The molecule has 0 spiro atoms. The molecule has 13 heavy (non-hydrogen) atoms. The fourth-order valence-corrected chi connectivity index (χ4v) is 0.645. The van der Waals surface area contributed by atoms with E-state index in [1.165, 1.54) is 0 Å². The van der Waals surface area contributed by atoms with Crippen LogP contribution in [0.2, 0.25) is 0 Å². The van der Waals surface area contributed by atoms with E-state index in [4.69, 9.17) is 0 Å². The predicted molar refractivity (Wildman–Crippen MR) is 43.6 cm³/mol. The van der Waals surface area contributed by atoms with E-state index in [0.29, 0.717) is 0 Å². The lowest BCUT2D eigenvalue weighted by atomic mass is 10.3. The Balaban J connectivity index is 0. The summed E-state index contributed by atoms with van der Waals surface area (Å²) in [6.45, 7) is 3.18. The van der Waals surface area contributed by atoms with Crippen LogP contribution in [-0.2, 0) is 6.54 Å². The third kappa shape index (κ3) is 10.9. The third-order valence-corrected chi connectivity index (χ3v) is 1.14. The number of aryl methyl sites for hydroxylation is 1. The zero-order valence-electron chi connectivity index (χ0n) is 8.13. The minimum atomic E-state index is -6.00. The Bertz CT molecular complexity index is 223. The van der Waals surface area contributed by atoms with Crippen LogP contribution in [-0.4, -0.2) is 7.25 Å². The molecule has 1 aromatic rings. The van der Waals surface area contributed by atoms with Gasteiger partial charge in [-0.2, -0.15) is 0 Å². The first-order valence-electron chi connectivity index (χ1n) is 3.75. The molecule has 0 amide bonds. The van der Waals surface area contributed by atoms with Crippen molar-refractivity contribution in [1.29, 1.82) is 0 Å². The number of hydrogen-bond acceptors (Lipinski definition) is 0. The van der Waals surface area contributed by atoms with Gasteiger partial charge in [-0.15, -0.1) is 0 Å². The van der Waals surface area contributed by atoms with Crippen molar-refractivity contribution in [3.8, 4) is 0 Å². The van der Waals surface area contributed by atoms with E-state index in [0.717, 1.165) is 6.54 Å². The first-order valence-corrected chi connectivity index (χ1v) is 3.75. The Kier molecular flexibility index (Phi) is 5.10. The zero-order chi connectivity index (χ0) is 10.3. The average Bonchev–Trinajstić information content (AvgIpc) is 2.03. The van der Waals surface area contributed by atoms with Crippen LogP contribution in [0.5, 0.6) is 0 Å². The largest absolute Gasteiger partial charge is 1.00 e. The lowest BCUT2D eigenvalue weighted by molar-refractivity contribution is -0.693. The van der Waals surface area contributed by atoms with Crippen LogP contribution < -0.4 is 4.57 Å². The maximum absolute atomic E-state index is 9.75. The van der Waals surface area contributed by atoms with Crippen LogP contribution in [0.4, 0.5) is 17.3 Å². The van der Waals surface area contributed by atoms with Crippen LogP contribution in [0.1, 0.15) is 8.35 Å². The first kappa shape index (κ1) is 11.9. The van der Waals surface area contributed by atoms with E-state index < -0.39 is 7.25 Å². The van der Waals surface area contributed by atoms with Gasteiger partial charge in [0.2, 0.25) is 0 Å². The SMILES string of the molecule is CC[n+]1ccccc1.F[B-](F)(F)F.[H+]. The number of pyridine rings is 1. The molecular weight excluding hydrogens is 185 g/mol. The highest BCUT2D eigenvalue weighted by Gasteiger charge is 2.20. The summed E-state index contributed by atoms with van der Waals surface area (Å²) in [5.41, 5.74) is 0. The Morgan fingerprint density at radius 1 is 1.08 bits per heavy atom. The monoisotopic (exact) mass is 196 g/mol. The molecule has 0 radical (unpaired) electrons. The van der Waals surface area contributed by atoms with Crippen molar-refractivity contribution < 1.29 is 23.3 Å². The molecule has 0 unspecified atom stereocenters. The molecule has 1 nitrogen and oxygen atoms in total. The van der Waals surface area contributed by atoms with Gasteiger partial charge in [0.15, 0.2) is 12.4 Å². The van der Waals surface area contributed by atoms with Gasteiger partial charge in [0.1, 0.15) is 6.54 Å². The zero-order valence-corrected chi connectivity index (χ0v) is 7.13. The van der Waals surface area contributed by atoms with E-state index in [1.54, 1.807) is 0 Å². The second-order valence-electron chi connectivity index (χ2n) is 2.20. The maximum atomic E-state index is 9.75. The van der Waals surface area contributed by atoms with E-state index in [2.05, 4.69) is 23.9 Å². The van der Waals surface area contributed by atoms with Gasteiger partial charge < -0.3 is 17.3 Å². The normalized spacial score (nSPS) is 10.2. The summed E-state index contributed by atoms with van der Waals surface area (Å²) in [7, 11) is -6.00. The second kappa shape index (κ2) is 5.56. The maximum Gasteiger partial charge on any atom is 1.00 e. The standard InChI is InChI=1S/C7H10N.BF4/c1-2-8-6-4-3-5-7-8;2-1(3,4)5/h3-7H,2H2,1H3;/q+1;-1/p+1. The number of nitrogens with zero attached hydrogens (tertiary/aromatic N) is 1. The van der Waals surface area contributed by atoms with Crippen molar-refractivity contribution in [3.05, 3.63) is 30.6 Å². The molecule has 0 bridgehead atoms. The van der Waals surface area contributed by atoms with Crippen LogP contribution in [0.25, 0.3) is 0 Å². The Morgan fingerprint density at radius 3 is 1.69 bits per heavy atom. The molecule has 0 N–H and O–H groups in total. The van der Waals surface area contributed by atoms with Gasteiger partial charge in [-0.05, 0) is 6.92 Å². The molecule has 0 saturated carbocycles. The molecule has 0 fully saturated rings. The second-order valence-corrected chi connectivity index (χ2v) is 2.20. The summed E-state index contributed by atoms with van der Waals surface area (Å²) in [6, 6.07) is 6.08. The van der Waals surface area contributed by atoms with E-state index in [-0.39, 0.29) is 1.43 Å². The summed E-state index contributed by atoms with van der Waals surface area (Å²) in [4.78, 5) is 0. The minimum Gasteiger partial charge on any atom is -0.418 e. The summed E-state index contributed by atoms with van der Waals surface area (Å²) < 4.78 is 41.1. The van der Waals surface area contributed by atoms with E-state index in [1.807, 2.05) is 18.2 Å². The summed E-state index contributed by atoms with van der Waals surface area (Å²) in [5.74, 6) is 0. The smallest absolute Gasteiger partial charge is 0.418 e. The van der Waals surface area contributed by atoms with Gasteiger partial charge in [-0.25, -0.2) is 4.57 Å². The summed E-state index contributed by atoms with van der Waals surface area (Å²) in [6.07, 6.45) is 4.11. The molecule has 74 valence electrons. The fourth-order valence-electron chi connectivity index (χ4n) is 0.645. The molecule has 0 aromatic carbocycles. The first-order chi connectivity index (χ1) is 5.93. The highest BCUT2D eigenvalue weighted by atomic mass is 19.5. The quantitative estimate of drug-likeness (QED) is 0.368. The van der Waals surface area contributed by atoms with Gasteiger partial charge in [-0.3, -0.25) is 0 Å². The van der Waals surface area contributed by atoms with Crippen LogP contribution >= 0.6 is 0 Å². The van der Waals surface area contributed by atoms with Crippen molar-refractivity contribution in [2.24, 2.45) is 0 Å². The third-order valence-electron chi connectivity index (χ3n) is 1.14. The highest BCUT2D eigenvalue weighted by Crippen LogP contribution is 2.06. The number of rotatable bonds is 1. The van der Waals surface area contributed by atoms with Gasteiger partial charge >= 0.3 is 8.68 Å². The lowest BCUT2D eigenvalue weighted by Gasteiger charge is -1.94. The Hall–Kier alpha value is -1.07. The Labute approximate surface area is 75.6 Å². The molecule has 0 saturated heterocycles. The summed E-state index contributed by atoms with van der Waals surface area (Å²) >= 11 is 0. The van der Waals surface area contributed by atoms with E-state index in [9.17, 15) is 17.3 Å². The molecule has 0 atom stereocenters. The molecule has 0 aliphatic rings. The average molecular weight is 196 g/mol. The Morgan fingerprint density at radius 2 is 1.46 bits per heavy atom. The number of aromatic nitrogens is 1. The van der Waals surface area contributed by atoms with Crippen molar-refractivity contribution in [1.82, 2.24) is 0 Å². The molecule has 0 aliphatic heterocycles. The highest BCUT2D eigenvalue weighted by molar-refractivity contribution is 6.50. The van der Waals surface area contributed by atoms with Crippen molar-refractivity contribution in [3.63, 3.8) is 0 Å². The molecule has 6 heteroatoms.